The van der Waals surface area contributed by atoms with E-state index in [2.05, 4.69) is 5.32 Å². The van der Waals surface area contributed by atoms with Crippen LogP contribution in [0, 0.1) is 6.92 Å². The topological polar surface area (TPSA) is 56.8 Å². The minimum absolute atomic E-state index is 0.205. The summed E-state index contributed by atoms with van der Waals surface area (Å²) in [5.74, 6) is 1.72. The Balaban J connectivity index is 1.47. The fraction of sp³-hybridized carbons (Fsp3) is 0.250. The van der Waals surface area contributed by atoms with Crippen LogP contribution in [0.5, 0.6) is 17.2 Å². The van der Waals surface area contributed by atoms with Crippen molar-refractivity contribution in [3.63, 3.8) is 0 Å². The fourth-order valence-corrected chi connectivity index (χ4v) is 2.71. The molecule has 0 aromatic heterocycles. The highest BCUT2D eigenvalue weighted by Crippen LogP contribution is 2.38. The second kappa shape index (κ2) is 8.63. The first-order valence-electron chi connectivity index (χ1n) is 8.36. The molecule has 0 radical (unpaired) electrons. The second-order valence-corrected chi connectivity index (χ2v) is 6.22. The van der Waals surface area contributed by atoms with Crippen molar-refractivity contribution < 1.29 is 19.0 Å². The van der Waals surface area contributed by atoms with Gasteiger partial charge in [0.1, 0.15) is 25.6 Å². The Bertz CT molecular complexity index is 802. The Morgan fingerprint density at radius 3 is 2.81 bits per heavy atom. The molecule has 3 rings (SSSR count). The first-order chi connectivity index (χ1) is 12.6. The van der Waals surface area contributed by atoms with Gasteiger partial charge in [-0.15, -0.1) is 0 Å². The molecule has 1 aliphatic heterocycles. The van der Waals surface area contributed by atoms with Gasteiger partial charge in [-0.3, -0.25) is 4.79 Å². The van der Waals surface area contributed by atoms with E-state index in [-0.39, 0.29) is 5.91 Å². The van der Waals surface area contributed by atoms with Crippen molar-refractivity contribution in [1.29, 1.82) is 0 Å². The van der Waals surface area contributed by atoms with Gasteiger partial charge in [-0.25, -0.2) is 0 Å². The largest absolute Gasteiger partial charge is 0.492 e. The number of carbonyl (C=O) groups excluding carboxylic acids is 1. The minimum Gasteiger partial charge on any atom is -0.492 e. The van der Waals surface area contributed by atoms with E-state index >= 15 is 0 Å². The Morgan fingerprint density at radius 2 is 2.00 bits per heavy atom. The summed E-state index contributed by atoms with van der Waals surface area (Å²) in [7, 11) is 0. The number of rotatable bonds is 6. The van der Waals surface area contributed by atoms with Crippen molar-refractivity contribution in [2.24, 2.45) is 0 Å². The van der Waals surface area contributed by atoms with Crippen LogP contribution in [0.3, 0.4) is 0 Å². The Labute approximate surface area is 157 Å². The zero-order valence-electron chi connectivity index (χ0n) is 14.5. The van der Waals surface area contributed by atoms with E-state index in [1.54, 1.807) is 18.2 Å². The van der Waals surface area contributed by atoms with E-state index in [1.165, 1.54) is 11.6 Å². The minimum atomic E-state index is -0.205. The van der Waals surface area contributed by atoms with Gasteiger partial charge >= 0.3 is 0 Å². The number of halogens is 1. The Morgan fingerprint density at radius 1 is 1.23 bits per heavy atom. The van der Waals surface area contributed by atoms with Gasteiger partial charge in [0.15, 0.2) is 11.5 Å². The number of nitrogens with one attached hydrogen (secondary N) is 1. The third kappa shape index (κ3) is 4.92. The molecule has 0 fully saturated rings. The molecule has 0 saturated carbocycles. The lowest BCUT2D eigenvalue weighted by Gasteiger charge is -2.19. The van der Waals surface area contributed by atoms with E-state index in [1.807, 2.05) is 31.2 Å². The van der Waals surface area contributed by atoms with Gasteiger partial charge in [0, 0.05) is 6.08 Å². The van der Waals surface area contributed by atoms with Crippen LogP contribution in [-0.2, 0) is 4.79 Å². The number of benzene rings is 2. The highest BCUT2D eigenvalue weighted by atomic mass is 35.5. The summed E-state index contributed by atoms with van der Waals surface area (Å²) in [5, 5.41) is 3.24. The SMILES string of the molecule is Cc1ccc(OCCNC(=O)/C=C/c2cc(Cl)c3c(c2)OCCO3)cc1. The highest BCUT2D eigenvalue weighted by molar-refractivity contribution is 6.32. The van der Waals surface area contributed by atoms with Crippen LogP contribution in [0.4, 0.5) is 0 Å². The Hall–Kier alpha value is -2.66. The molecule has 5 nitrogen and oxygen atoms in total. The lowest BCUT2D eigenvalue weighted by molar-refractivity contribution is -0.116. The lowest BCUT2D eigenvalue weighted by Crippen LogP contribution is -2.26. The molecule has 1 N–H and O–H groups in total. The standard InChI is InChI=1S/C20H20ClNO4/c1-14-2-5-16(6-3-14)24-9-8-22-19(23)7-4-15-12-17(21)20-18(13-15)25-10-11-26-20/h2-7,12-13H,8-11H2,1H3,(H,22,23)/b7-4+. The second-order valence-electron chi connectivity index (χ2n) is 5.81. The van der Waals surface area contributed by atoms with E-state index in [0.717, 1.165) is 11.3 Å². The van der Waals surface area contributed by atoms with Gasteiger partial charge in [-0.05, 0) is 42.8 Å². The van der Waals surface area contributed by atoms with E-state index in [9.17, 15) is 4.79 Å². The molecule has 0 atom stereocenters. The molecule has 2 aromatic rings. The molecule has 6 heteroatoms. The molecule has 0 spiro atoms. The van der Waals surface area contributed by atoms with Crippen molar-refractivity contribution in [1.82, 2.24) is 5.32 Å². The van der Waals surface area contributed by atoms with Crippen molar-refractivity contribution in [3.05, 3.63) is 58.6 Å². The van der Waals surface area contributed by atoms with E-state index < -0.39 is 0 Å². The van der Waals surface area contributed by atoms with Crippen LogP contribution >= 0.6 is 11.6 Å². The third-order valence-corrected chi connectivity index (χ3v) is 4.02. The molecule has 0 saturated heterocycles. The van der Waals surface area contributed by atoms with E-state index in [4.69, 9.17) is 25.8 Å². The zero-order chi connectivity index (χ0) is 18.4. The Kier molecular flexibility index (Phi) is 6.02. The molecule has 0 bridgehead atoms. The zero-order valence-corrected chi connectivity index (χ0v) is 15.2. The van der Waals surface area contributed by atoms with Crippen LogP contribution in [0.1, 0.15) is 11.1 Å². The molecule has 0 aliphatic carbocycles. The van der Waals surface area contributed by atoms with Crippen LogP contribution in [0.25, 0.3) is 6.08 Å². The van der Waals surface area contributed by atoms with E-state index in [0.29, 0.717) is 42.9 Å². The summed E-state index contributed by atoms with van der Waals surface area (Å²) < 4.78 is 16.6. The monoisotopic (exact) mass is 373 g/mol. The maximum absolute atomic E-state index is 11.9. The number of aryl methyl sites for hydroxylation is 1. The van der Waals surface area contributed by atoms with Crippen LogP contribution in [0.2, 0.25) is 5.02 Å². The molecule has 0 unspecified atom stereocenters. The molecule has 2 aromatic carbocycles. The molecule has 136 valence electrons. The normalized spacial score (nSPS) is 12.8. The molecule has 1 heterocycles. The molecule has 1 aliphatic rings. The summed E-state index contributed by atoms with van der Waals surface area (Å²) in [4.78, 5) is 11.9. The highest BCUT2D eigenvalue weighted by Gasteiger charge is 2.15. The van der Waals surface area contributed by atoms with Crippen molar-refractivity contribution in [2.75, 3.05) is 26.4 Å². The lowest BCUT2D eigenvalue weighted by atomic mass is 10.1. The maximum Gasteiger partial charge on any atom is 0.244 e. The number of hydrogen-bond donors (Lipinski definition) is 1. The quantitative estimate of drug-likeness (QED) is 0.620. The number of ether oxygens (including phenoxy) is 3. The van der Waals surface area contributed by atoms with Gasteiger partial charge in [0.25, 0.3) is 0 Å². The summed E-state index contributed by atoms with van der Waals surface area (Å²) in [6.07, 6.45) is 3.13. The average Bonchev–Trinajstić information content (AvgIpc) is 2.65. The van der Waals surface area contributed by atoms with Gasteiger partial charge in [0.05, 0.1) is 11.6 Å². The predicted molar refractivity (Wildman–Crippen MR) is 101 cm³/mol. The summed E-state index contributed by atoms with van der Waals surface area (Å²) in [6.45, 7) is 3.80. The number of amides is 1. The molecule has 1 amide bonds. The van der Waals surface area contributed by atoms with Gasteiger partial charge in [0.2, 0.25) is 5.91 Å². The number of fused-ring (bicyclic) bond motifs is 1. The average molecular weight is 374 g/mol. The van der Waals surface area contributed by atoms with Gasteiger partial charge in [-0.1, -0.05) is 29.3 Å². The van der Waals surface area contributed by atoms with Crippen molar-refractivity contribution >= 4 is 23.6 Å². The fourth-order valence-electron chi connectivity index (χ4n) is 2.44. The first kappa shape index (κ1) is 18.1. The van der Waals surface area contributed by atoms with Gasteiger partial charge in [-0.2, -0.15) is 0 Å². The predicted octanol–water partition coefficient (Wildman–Crippen LogP) is 3.63. The smallest absolute Gasteiger partial charge is 0.244 e. The number of hydrogen-bond acceptors (Lipinski definition) is 4. The molecular formula is C20H20ClNO4. The summed E-state index contributed by atoms with van der Waals surface area (Å²) in [5.41, 5.74) is 1.94. The first-order valence-corrected chi connectivity index (χ1v) is 8.74. The van der Waals surface area contributed by atoms with Crippen LogP contribution in [-0.4, -0.2) is 32.3 Å². The number of carbonyl (C=O) groups is 1. The maximum atomic E-state index is 11.9. The molecule has 26 heavy (non-hydrogen) atoms. The summed E-state index contributed by atoms with van der Waals surface area (Å²) in [6, 6.07) is 11.3. The van der Waals surface area contributed by atoms with Crippen molar-refractivity contribution in [2.45, 2.75) is 6.92 Å². The van der Waals surface area contributed by atoms with Gasteiger partial charge < -0.3 is 19.5 Å². The van der Waals surface area contributed by atoms with Crippen molar-refractivity contribution in [3.8, 4) is 17.2 Å². The van der Waals surface area contributed by atoms with Crippen LogP contribution < -0.4 is 19.5 Å². The summed E-state index contributed by atoms with van der Waals surface area (Å²) >= 11 is 6.18. The molecular weight excluding hydrogens is 354 g/mol. The third-order valence-electron chi connectivity index (χ3n) is 3.74. The van der Waals surface area contributed by atoms with Crippen LogP contribution in [0.15, 0.2) is 42.5 Å².